The second kappa shape index (κ2) is 9.06. The van der Waals surface area contributed by atoms with E-state index in [1.54, 1.807) is 18.2 Å². The molecule has 0 radical (unpaired) electrons. The van der Waals surface area contributed by atoms with Gasteiger partial charge in [0.05, 0.1) is 18.5 Å². The topological polar surface area (TPSA) is 71.7 Å². The quantitative estimate of drug-likeness (QED) is 0.469. The average Bonchev–Trinajstić information content (AvgIpc) is 3.21. The Morgan fingerprint density at radius 2 is 1.91 bits per heavy atom. The maximum atomic E-state index is 14.3. The molecular formula is C27H29FN4O2. The van der Waals surface area contributed by atoms with Gasteiger partial charge in [0.25, 0.3) is 0 Å². The van der Waals surface area contributed by atoms with Crippen LogP contribution in [0, 0.1) is 5.82 Å². The molecule has 1 saturated heterocycles. The first-order valence-electron chi connectivity index (χ1n) is 11.8. The van der Waals surface area contributed by atoms with Crippen molar-refractivity contribution in [1.82, 2.24) is 9.88 Å². The predicted molar refractivity (Wildman–Crippen MR) is 132 cm³/mol. The zero-order valence-corrected chi connectivity index (χ0v) is 19.6. The number of nitrogens with zero attached hydrogens (tertiary/aromatic N) is 3. The largest absolute Gasteiger partial charge is 0.494 e. The second-order valence-electron chi connectivity index (χ2n) is 8.94. The van der Waals surface area contributed by atoms with Crippen molar-refractivity contribution >= 4 is 11.6 Å². The van der Waals surface area contributed by atoms with Crippen LogP contribution in [0.1, 0.15) is 34.8 Å². The van der Waals surface area contributed by atoms with Crippen LogP contribution in [0.15, 0.2) is 42.5 Å². The first-order valence-corrected chi connectivity index (χ1v) is 11.8. The van der Waals surface area contributed by atoms with Gasteiger partial charge < -0.3 is 15.4 Å². The molecule has 1 aromatic heterocycles. The van der Waals surface area contributed by atoms with E-state index in [1.165, 1.54) is 25.3 Å². The van der Waals surface area contributed by atoms with Crippen molar-refractivity contribution in [1.29, 1.82) is 0 Å². The third-order valence-corrected chi connectivity index (χ3v) is 6.83. The molecular weight excluding hydrogens is 431 g/mol. The van der Waals surface area contributed by atoms with Gasteiger partial charge in [-0.05, 0) is 60.5 Å². The van der Waals surface area contributed by atoms with Gasteiger partial charge in [-0.25, -0.2) is 9.37 Å². The first-order chi connectivity index (χ1) is 16.5. The summed E-state index contributed by atoms with van der Waals surface area (Å²) < 4.78 is 19.4. The van der Waals surface area contributed by atoms with E-state index < -0.39 is 11.7 Å². The lowest BCUT2D eigenvalue weighted by molar-refractivity contribution is 0.0999. The fraction of sp³-hybridized carbons (Fsp3) is 0.333. The number of ether oxygens (including phenoxy) is 1. The Morgan fingerprint density at radius 3 is 2.59 bits per heavy atom. The number of carbonyl (C=O) groups excluding carboxylic acids is 1. The summed E-state index contributed by atoms with van der Waals surface area (Å²) in [5.41, 5.74) is 12.2. The molecule has 1 fully saturated rings. The predicted octanol–water partition coefficient (Wildman–Crippen LogP) is 4.10. The van der Waals surface area contributed by atoms with E-state index in [9.17, 15) is 9.18 Å². The lowest BCUT2D eigenvalue weighted by atomic mass is 10.0. The van der Waals surface area contributed by atoms with Gasteiger partial charge in [0.2, 0.25) is 5.91 Å². The number of carbonyl (C=O) groups is 1. The number of anilines is 1. The molecule has 2 aromatic carbocycles. The van der Waals surface area contributed by atoms with E-state index in [0.717, 1.165) is 55.1 Å². The maximum Gasteiger partial charge on any atom is 0.249 e. The third kappa shape index (κ3) is 4.01. The van der Waals surface area contributed by atoms with Crippen molar-refractivity contribution in [3.8, 4) is 28.3 Å². The van der Waals surface area contributed by atoms with Crippen LogP contribution in [-0.4, -0.2) is 55.6 Å². The Bertz CT molecular complexity index is 1250. The fourth-order valence-electron chi connectivity index (χ4n) is 5.06. The molecule has 6 nitrogen and oxygen atoms in total. The molecule has 2 aliphatic rings. The van der Waals surface area contributed by atoms with Crippen LogP contribution < -0.4 is 15.4 Å². The highest BCUT2D eigenvalue weighted by Crippen LogP contribution is 2.40. The van der Waals surface area contributed by atoms with Crippen LogP contribution >= 0.6 is 0 Å². The zero-order valence-electron chi connectivity index (χ0n) is 19.6. The summed E-state index contributed by atoms with van der Waals surface area (Å²) in [5, 5.41) is 0. The normalized spacial score (nSPS) is 15.2. The molecule has 3 aromatic rings. The number of hydrogen-bond donors (Lipinski definition) is 1. The van der Waals surface area contributed by atoms with Gasteiger partial charge in [-0.15, -0.1) is 0 Å². The molecule has 1 aliphatic heterocycles. The summed E-state index contributed by atoms with van der Waals surface area (Å²) in [4.78, 5) is 22.1. The van der Waals surface area contributed by atoms with Crippen molar-refractivity contribution in [3.63, 3.8) is 0 Å². The Morgan fingerprint density at radius 1 is 1.12 bits per heavy atom. The molecule has 1 amide bonds. The summed E-state index contributed by atoms with van der Waals surface area (Å²) in [6, 6.07) is 12.8. The molecule has 0 atom stereocenters. The second-order valence-corrected chi connectivity index (χ2v) is 8.94. The van der Waals surface area contributed by atoms with Gasteiger partial charge in [0.15, 0.2) is 11.6 Å². The van der Waals surface area contributed by atoms with Gasteiger partial charge in [-0.3, -0.25) is 9.69 Å². The van der Waals surface area contributed by atoms with E-state index in [0.29, 0.717) is 23.2 Å². The van der Waals surface area contributed by atoms with Crippen LogP contribution in [0.3, 0.4) is 0 Å². The summed E-state index contributed by atoms with van der Waals surface area (Å²) in [6.45, 7) is 7.51. The minimum absolute atomic E-state index is 0.161. The van der Waals surface area contributed by atoms with Gasteiger partial charge >= 0.3 is 0 Å². The minimum atomic E-state index is -0.506. The molecule has 34 heavy (non-hydrogen) atoms. The number of nitrogens with two attached hydrogens (primary N) is 1. The molecule has 2 N–H and O–H groups in total. The minimum Gasteiger partial charge on any atom is -0.494 e. The zero-order chi connectivity index (χ0) is 23.8. The number of primary amides is 1. The monoisotopic (exact) mass is 460 g/mol. The van der Waals surface area contributed by atoms with Crippen LogP contribution in [-0.2, 0) is 6.42 Å². The van der Waals surface area contributed by atoms with Crippen LogP contribution in [0.5, 0.6) is 5.75 Å². The number of hydrogen-bond acceptors (Lipinski definition) is 5. The number of aromatic nitrogens is 1. The van der Waals surface area contributed by atoms with Crippen LogP contribution in [0.25, 0.3) is 22.5 Å². The highest BCUT2D eigenvalue weighted by molar-refractivity contribution is 5.98. The number of fused-ring (bicyclic) bond motifs is 3. The number of amides is 1. The summed E-state index contributed by atoms with van der Waals surface area (Å²) >= 11 is 0. The number of methoxy groups -OCH3 is 1. The molecule has 176 valence electrons. The molecule has 0 unspecified atom stereocenters. The molecule has 0 bridgehead atoms. The number of piperazine rings is 1. The Kier molecular flexibility index (Phi) is 5.96. The Hall–Kier alpha value is -3.45. The van der Waals surface area contributed by atoms with Crippen molar-refractivity contribution in [2.45, 2.75) is 19.8 Å². The fourth-order valence-corrected chi connectivity index (χ4v) is 5.06. The highest BCUT2D eigenvalue weighted by atomic mass is 19.1. The molecule has 1 aliphatic carbocycles. The number of halogens is 1. The number of rotatable bonds is 6. The van der Waals surface area contributed by atoms with Gasteiger partial charge in [-0.2, -0.15) is 0 Å². The third-order valence-electron chi connectivity index (χ3n) is 6.83. The van der Waals surface area contributed by atoms with Gasteiger partial charge in [0.1, 0.15) is 0 Å². The SMILES string of the molecule is CCCN1CCN(c2ccc3c(c2)Cc2c(C(N)=O)cc(-c4ccc(OC)c(F)c4)nc2-3)CC1. The average molecular weight is 461 g/mol. The first kappa shape index (κ1) is 22.3. The van der Waals surface area contributed by atoms with Crippen LogP contribution in [0.4, 0.5) is 10.1 Å². The van der Waals surface area contributed by atoms with Crippen molar-refractivity contribution < 1.29 is 13.9 Å². The molecule has 5 rings (SSSR count). The number of pyridine rings is 1. The Balaban J connectivity index is 1.49. The number of benzene rings is 2. The van der Waals surface area contributed by atoms with Crippen molar-refractivity contribution in [2.75, 3.05) is 44.7 Å². The van der Waals surface area contributed by atoms with E-state index in [1.807, 2.05) is 0 Å². The standard InChI is InChI=1S/C27H29FN4O2/c1-3-8-31-9-11-32(12-10-31)19-5-6-20-18(13-19)14-21-22(27(29)33)16-24(30-26(20)21)17-4-7-25(34-2)23(28)15-17/h4-7,13,15-16H,3,8-12,14H2,1-2H3,(H2,29,33). The highest BCUT2D eigenvalue weighted by Gasteiger charge is 2.27. The summed E-state index contributed by atoms with van der Waals surface area (Å²) in [5.74, 6) is -0.825. The molecule has 2 heterocycles. The Labute approximate surface area is 199 Å². The lowest BCUT2D eigenvalue weighted by Crippen LogP contribution is -2.46. The van der Waals surface area contributed by atoms with E-state index in [4.69, 9.17) is 15.5 Å². The van der Waals surface area contributed by atoms with E-state index >= 15 is 0 Å². The van der Waals surface area contributed by atoms with Crippen molar-refractivity contribution in [3.05, 3.63) is 65.0 Å². The maximum absolute atomic E-state index is 14.3. The van der Waals surface area contributed by atoms with Crippen molar-refractivity contribution in [2.24, 2.45) is 5.73 Å². The van der Waals surface area contributed by atoms with E-state index in [2.05, 4.69) is 34.9 Å². The molecule has 0 spiro atoms. The lowest BCUT2D eigenvalue weighted by Gasteiger charge is -2.36. The van der Waals surface area contributed by atoms with Crippen LogP contribution in [0.2, 0.25) is 0 Å². The van der Waals surface area contributed by atoms with E-state index in [-0.39, 0.29) is 5.75 Å². The van der Waals surface area contributed by atoms with Gasteiger partial charge in [-0.1, -0.05) is 13.0 Å². The summed E-state index contributed by atoms with van der Waals surface area (Å²) in [7, 11) is 1.42. The van der Waals surface area contributed by atoms with Gasteiger partial charge in [0, 0.05) is 55.0 Å². The molecule has 0 saturated carbocycles. The summed E-state index contributed by atoms with van der Waals surface area (Å²) in [6.07, 6.45) is 1.79. The molecule has 7 heteroatoms. The smallest absolute Gasteiger partial charge is 0.249 e.